The van der Waals surface area contributed by atoms with Gasteiger partial charge in [-0.15, -0.1) is 0 Å². The number of ether oxygens (including phenoxy) is 2. The monoisotopic (exact) mass is 1390 g/mol. The molecule has 98 heavy (non-hydrogen) atoms. The standard InChI is InChI=1S/C22H33N3O4.C22H41N3O4.C19H35N3O4.C5H4O3.C3H6O.B.Na.H/c1-3-13-25-15-18(26)17(10-9-16(25)2)23-21(28)22(11-5-4-6-12-22)24-20(27)19-8-7-14-29-19;1-6-14-25-15-18(26)17(11-10-16(25)2)23-19(27)22(12-8-7-9-13-22)24-20(28)29-21(3,4)5;1-13-8-9-14(15(23)12-20-13)21-16(24)19(10-6-5-7-11-19)22-17(25)26-18(2,3)4;6-5(7)4-2-1-3-8-4;1-2-3-4;;;/h7-8,14,16-17H,3-6,9-13,15H2,1-2H3,(H,23,28)(H,24,27);16-18,26H,6-15H2,1-5H3,(H,23,27)(H,24,28);13-15,20,23H,5-12H2,1-4H3,(H,21,24)(H,22,25);1-3H,(H,6,7);3H,2H2,1H3;;;/q;;;;;;+1;-1/t16-,17+;16-,17+,18+;13-,14+,15+;;;;;/m111...../s1. The van der Waals surface area contributed by atoms with Gasteiger partial charge in [-0.05, 0) is 190 Å². The van der Waals surface area contributed by atoms with Gasteiger partial charge in [-0.25, -0.2) is 14.4 Å². The summed E-state index contributed by atoms with van der Waals surface area (Å²) in [7, 11) is 0. The van der Waals surface area contributed by atoms with Gasteiger partial charge in [0.1, 0.15) is 34.1 Å². The van der Waals surface area contributed by atoms with Gasteiger partial charge in [0.15, 0.2) is 11.5 Å². The van der Waals surface area contributed by atoms with Gasteiger partial charge in [0.2, 0.25) is 23.5 Å². The van der Waals surface area contributed by atoms with E-state index in [9.17, 15) is 53.4 Å². The summed E-state index contributed by atoms with van der Waals surface area (Å²) in [6.07, 6.45) is 20.6. The number of rotatable bonds is 16. The first kappa shape index (κ1) is 88.7. The summed E-state index contributed by atoms with van der Waals surface area (Å²) in [5, 5.41) is 50.3. The molecule has 3 saturated heterocycles. The Hall–Kier alpha value is -5.35. The number of aliphatic hydroxyl groups is 2. The minimum Gasteiger partial charge on any atom is -1.00 e. The van der Waals surface area contributed by atoms with Crippen LogP contribution in [0.1, 0.15) is 260 Å². The number of aliphatic hydroxyl groups excluding tert-OH is 2. The van der Waals surface area contributed by atoms with Crippen LogP contribution < -0.4 is 66.8 Å². The van der Waals surface area contributed by atoms with E-state index in [1.54, 1.807) is 32.9 Å². The van der Waals surface area contributed by atoms with Crippen LogP contribution >= 0.6 is 0 Å². The van der Waals surface area contributed by atoms with Crippen LogP contribution in [0.25, 0.3) is 0 Å². The van der Waals surface area contributed by atoms with E-state index in [0.29, 0.717) is 95.5 Å². The molecule has 0 aromatic carbocycles. The third-order valence-electron chi connectivity index (χ3n) is 18.6. The third-order valence-corrected chi connectivity index (χ3v) is 18.6. The smallest absolute Gasteiger partial charge is 1.00 e. The molecule has 3 saturated carbocycles. The van der Waals surface area contributed by atoms with E-state index in [-0.39, 0.29) is 92.4 Å². The predicted molar refractivity (Wildman–Crippen MR) is 372 cm³/mol. The van der Waals surface area contributed by atoms with Crippen LogP contribution in [0.2, 0.25) is 0 Å². The summed E-state index contributed by atoms with van der Waals surface area (Å²) in [4.78, 5) is 114. The van der Waals surface area contributed by atoms with Gasteiger partial charge in [0.05, 0.1) is 49.4 Å². The number of Topliss-reactive ketones (excluding diaryl/α,β-unsaturated/α-hetero) is 1. The fraction of sp³-hybridized carbons (Fsp3) is 0.761. The fourth-order valence-corrected chi connectivity index (χ4v) is 13.1. The Morgan fingerprint density at radius 2 is 1.02 bits per heavy atom. The van der Waals surface area contributed by atoms with Crippen molar-refractivity contribution >= 4 is 62.3 Å². The number of likely N-dealkylation sites (tertiary alicyclic amines) is 2. The summed E-state index contributed by atoms with van der Waals surface area (Å²) in [5.41, 5.74) is -4.13. The normalized spacial score (nSPS) is 24.6. The maximum absolute atomic E-state index is 13.3. The molecule has 2 aromatic rings. The molecule has 10 N–H and O–H groups in total. The molecule has 25 nitrogen and oxygen atoms in total. The zero-order valence-electron chi connectivity index (χ0n) is 62.3. The van der Waals surface area contributed by atoms with E-state index in [1.807, 2.05) is 27.7 Å². The van der Waals surface area contributed by atoms with Crippen molar-refractivity contribution in [3.05, 3.63) is 48.3 Å². The Labute approximate surface area is 608 Å². The number of ketones is 1. The number of hydrogen-bond acceptors (Lipinski definition) is 18. The molecule has 3 aliphatic heterocycles. The van der Waals surface area contributed by atoms with Crippen LogP contribution in [0, 0.1) is 0 Å². The minimum atomic E-state index is -1.03. The Bertz CT molecular complexity index is 2720. The molecule has 0 spiro atoms. The molecule has 5 heterocycles. The first-order valence-corrected chi connectivity index (χ1v) is 35.5. The van der Waals surface area contributed by atoms with E-state index in [0.717, 1.165) is 116 Å². The van der Waals surface area contributed by atoms with Gasteiger partial charge in [0, 0.05) is 46.0 Å². The molecular formula is C71H120BN9NaO16. The first-order valence-electron chi connectivity index (χ1n) is 35.5. The van der Waals surface area contributed by atoms with Crippen molar-refractivity contribution in [2.45, 2.75) is 313 Å². The topological polar surface area (TPSA) is 350 Å². The summed E-state index contributed by atoms with van der Waals surface area (Å²) in [6, 6.07) is 6.08. The van der Waals surface area contributed by atoms with E-state index >= 15 is 0 Å². The molecule has 27 heteroatoms. The van der Waals surface area contributed by atoms with Crippen LogP contribution in [0.3, 0.4) is 0 Å². The van der Waals surface area contributed by atoms with Gasteiger partial charge in [0.25, 0.3) is 5.91 Å². The van der Waals surface area contributed by atoms with Crippen LogP contribution in [-0.4, -0.2) is 196 Å². The van der Waals surface area contributed by atoms with Crippen molar-refractivity contribution < 1.29 is 108 Å². The second kappa shape index (κ2) is 43.5. The van der Waals surface area contributed by atoms with Gasteiger partial charge < -0.3 is 77.1 Å². The number of hydrogen-bond donors (Lipinski definition) is 10. The number of amides is 6. The molecule has 3 radical (unpaired) electrons. The molecule has 3 aliphatic carbocycles. The molecule has 0 bridgehead atoms. The molecule has 549 valence electrons. The number of carboxylic acids is 1. The van der Waals surface area contributed by atoms with E-state index in [4.69, 9.17) is 19.0 Å². The summed E-state index contributed by atoms with van der Waals surface area (Å²) in [5.74, 6) is -1.84. The second-order valence-electron chi connectivity index (χ2n) is 29.0. The molecule has 8 rings (SSSR count). The Morgan fingerprint density at radius 1 is 0.612 bits per heavy atom. The average molecular weight is 1390 g/mol. The maximum Gasteiger partial charge on any atom is 1.00 e. The van der Waals surface area contributed by atoms with Crippen molar-refractivity contribution in [2.24, 2.45) is 0 Å². The molecule has 8 atom stereocenters. The number of nitrogens with one attached hydrogen (secondary N) is 7. The Balaban J connectivity index is 0.000000674. The zero-order valence-corrected chi connectivity index (χ0v) is 63.3. The third kappa shape index (κ3) is 29.7. The van der Waals surface area contributed by atoms with Crippen molar-refractivity contribution in [1.82, 2.24) is 47.0 Å². The number of furan rings is 2. The van der Waals surface area contributed by atoms with Gasteiger partial charge in [-0.3, -0.25) is 33.8 Å². The van der Waals surface area contributed by atoms with Crippen molar-refractivity contribution in [2.75, 3.05) is 32.7 Å². The number of carbonyl (C=O) groups excluding carboxylic acids is 8. The molecule has 6 amide bonds. The maximum atomic E-state index is 13.3. The van der Waals surface area contributed by atoms with Crippen molar-refractivity contribution in [3.8, 4) is 0 Å². The van der Waals surface area contributed by atoms with Crippen LogP contribution in [0.5, 0.6) is 0 Å². The minimum absolute atomic E-state index is 0. The Kier molecular flexibility index (Phi) is 39.4. The van der Waals surface area contributed by atoms with Crippen molar-refractivity contribution in [1.29, 1.82) is 0 Å². The van der Waals surface area contributed by atoms with Gasteiger partial charge in [-0.1, -0.05) is 78.6 Å². The zero-order chi connectivity index (χ0) is 71.3. The van der Waals surface area contributed by atoms with Crippen LogP contribution in [0.15, 0.2) is 45.6 Å². The molecular weight excluding hydrogens is 1270 g/mol. The first-order chi connectivity index (χ1) is 45.3. The number of aromatic carboxylic acids is 1. The SMILES string of the molecule is CCC=O.CCCN1CC(=O)[C@@H](NC(=O)C2(NC(=O)c3ccco3)CCCCC2)CC[C@H]1C.CCCN1C[C@H](O)[C@@H](NC(=O)C2(NC(=O)OC(C)(C)C)CCCCC2)CC[C@H]1C.C[C@@H]1CC[C@H](NC(=O)C2(NC(=O)OC(C)(C)C)CCCCC2)[C@@H](O)CN1.O=C(O)c1ccco1.[B].[H-].[Na+]. The van der Waals surface area contributed by atoms with Gasteiger partial charge >= 0.3 is 47.7 Å². The molecule has 6 fully saturated rings. The van der Waals surface area contributed by atoms with Crippen LogP contribution in [-0.2, 0) is 33.4 Å². The largest absolute Gasteiger partial charge is 1.00 e. The van der Waals surface area contributed by atoms with Gasteiger partial charge in [-0.2, -0.15) is 0 Å². The Morgan fingerprint density at radius 3 is 1.44 bits per heavy atom. The summed E-state index contributed by atoms with van der Waals surface area (Å²) in [6.45, 7) is 26.5. The molecule has 0 unspecified atom stereocenters. The number of carbonyl (C=O) groups is 9. The van der Waals surface area contributed by atoms with E-state index in [2.05, 4.69) is 86.1 Å². The summed E-state index contributed by atoms with van der Waals surface area (Å²) < 4.78 is 20.5. The quantitative estimate of drug-likeness (QED) is 0.0706. The number of alkyl carbamates (subject to hydrolysis) is 2. The number of aldehydes is 1. The van der Waals surface area contributed by atoms with E-state index in [1.165, 1.54) is 24.7 Å². The molecule has 6 aliphatic rings. The number of β-amino-alcohol motifs (C(OH)–C–C–N with tert-alkyl or cyclic N) is 2. The number of carboxylic acid groups (broad SMARTS) is 1. The van der Waals surface area contributed by atoms with Crippen molar-refractivity contribution in [3.63, 3.8) is 0 Å². The second-order valence-corrected chi connectivity index (χ2v) is 29.0. The average Bonchev–Trinajstić information content (AvgIpc) is 1.57. The summed E-state index contributed by atoms with van der Waals surface area (Å²) >= 11 is 0. The number of nitrogens with zero attached hydrogens (tertiary/aromatic N) is 2. The van der Waals surface area contributed by atoms with E-state index < -0.39 is 64.2 Å². The predicted octanol–water partition coefficient (Wildman–Crippen LogP) is 5.75. The molecule has 2 aromatic heterocycles. The fourth-order valence-electron chi connectivity index (χ4n) is 13.1. The van der Waals surface area contributed by atoms with Crippen LogP contribution in [0.4, 0.5) is 9.59 Å².